The van der Waals surface area contributed by atoms with Gasteiger partial charge in [-0.25, -0.2) is 14.0 Å². The maximum absolute atomic E-state index is 12.0. The van der Waals surface area contributed by atoms with Crippen molar-refractivity contribution >= 4 is 38.8 Å². The highest BCUT2D eigenvalue weighted by molar-refractivity contribution is 7.67. The summed E-state index contributed by atoms with van der Waals surface area (Å²) in [5.41, 5.74) is 8.57. The molecule has 0 spiro atoms. The van der Waals surface area contributed by atoms with Crippen LogP contribution in [-0.2, 0) is 16.0 Å². The van der Waals surface area contributed by atoms with Crippen LogP contribution in [0.15, 0.2) is 36.4 Å². The van der Waals surface area contributed by atoms with Crippen molar-refractivity contribution in [3.8, 4) is 5.75 Å². The van der Waals surface area contributed by atoms with Crippen LogP contribution in [0.3, 0.4) is 0 Å². The fraction of sp³-hybridized carbons (Fsp3) is 0.167. The fourth-order valence-electron chi connectivity index (χ4n) is 2.53. The predicted octanol–water partition coefficient (Wildman–Crippen LogP) is 2.11. The molecule has 2 aromatic carbocycles. The molecule has 0 radical (unpaired) electrons. The number of carbonyl (C=O) groups excluding carboxylic acids is 1. The number of nitrogens with zero attached hydrogens (tertiary/aromatic N) is 1. The van der Waals surface area contributed by atoms with E-state index in [2.05, 4.69) is 9.97 Å². The van der Waals surface area contributed by atoms with Gasteiger partial charge in [0.15, 0.2) is 5.82 Å². The Morgan fingerprint density at radius 2 is 2.08 bits per heavy atom. The highest BCUT2D eigenvalue weighted by Gasteiger charge is 2.17. The summed E-state index contributed by atoms with van der Waals surface area (Å²) < 4.78 is 22.0. The van der Waals surface area contributed by atoms with Gasteiger partial charge >= 0.3 is 5.97 Å². The van der Waals surface area contributed by atoms with Gasteiger partial charge in [0.05, 0.1) is 30.3 Å². The first kappa shape index (κ1) is 17.7. The summed E-state index contributed by atoms with van der Waals surface area (Å²) in [4.78, 5) is 19.8. The van der Waals surface area contributed by atoms with E-state index in [1.165, 1.54) is 0 Å². The first-order valence-corrected chi connectivity index (χ1v) is 8.59. The number of hydrogen-bond acceptors (Lipinski definition) is 6. The third-order valence-corrected chi connectivity index (χ3v) is 4.38. The Labute approximate surface area is 153 Å². The van der Waals surface area contributed by atoms with Crippen molar-refractivity contribution in [3.05, 3.63) is 53.3 Å². The number of nitrogens with one attached hydrogen (secondary N) is 1. The molecule has 134 valence electrons. The monoisotopic (exact) mass is 371 g/mol. The van der Waals surface area contributed by atoms with E-state index >= 15 is 0 Å². The van der Waals surface area contributed by atoms with Gasteiger partial charge in [-0.15, -0.1) is 0 Å². The van der Waals surface area contributed by atoms with Gasteiger partial charge in [-0.05, 0) is 37.3 Å². The second-order valence-corrected chi connectivity index (χ2v) is 5.98. The lowest BCUT2D eigenvalue weighted by molar-refractivity contribution is 0.0526. The fourth-order valence-corrected chi connectivity index (χ4v) is 2.97. The number of ether oxygens (including phenoxy) is 2. The molecular weight excluding hydrogens is 354 g/mol. The van der Waals surface area contributed by atoms with Crippen LogP contribution in [0.5, 0.6) is 5.75 Å². The third-order valence-electron chi connectivity index (χ3n) is 3.80. The number of benzene rings is 2. The molecule has 3 rings (SSSR count). The Morgan fingerprint density at radius 1 is 1.27 bits per heavy atom. The molecule has 3 N–H and O–H groups in total. The van der Waals surface area contributed by atoms with Crippen molar-refractivity contribution in [1.29, 1.82) is 0 Å². The predicted molar refractivity (Wildman–Crippen MR) is 101 cm³/mol. The Balaban J connectivity index is 2.08. The number of fused-ring (bicyclic) bond motifs is 1. The molecule has 7 nitrogen and oxygen atoms in total. The lowest BCUT2D eigenvalue weighted by atomic mass is 10.1. The summed E-state index contributed by atoms with van der Waals surface area (Å²) in [7, 11) is 1.57. The SMILES string of the molecule is CCOC(=O)c1ccc(N)c(C(=S=O)c2nc3ccc(OC)cc3[nH]2)c1. The Kier molecular flexibility index (Phi) is 5.04. The zero-order chi connectivity index (χ0) is 18.7. The van der Waals surface area contributed by atoms with Crippen molar-refractivity contribution in [2.45, 2.75) is 6.92 Å². The molecule has 0 bridgehead atoms. The maximum atomic E-state index is 12.0. The molecule has 0 aliphatic heterocycles. The second kappa shape index (κ2) is 7.40. The molecule has 26 heavy (non-hydrogen) atoms. The Bertz CT molecular complexity index is 1040. The van der Waals surface area contributed by atoms with Crippen molar-refractivity contribution < 1.29 is 18.5 Å². The molecule has 1 heterocycles. The molecule has 0 atom stereocenters. The van der Waals surface area contributed by atoms with Crippen LogP contribution >= 0.6 is 0 Å². The molecule has 0 unspecified atom stereocenters. The van der Waals surface area contributed by atoms with Crippen molar-refractivity contribution in [3.63, 3.8) is 0 Å². The normalized spacial score (nSPS) is 10.5. The largest absolute Gasteiger partial charge is 0.497 e. The van der Waals surface area contributed by atoms with E-state index in [1.54, 1.807) is 50.4 Å². The third kappa shape index (κ3) is 3.31. The number of methoxy groups -OCH3 is 1. The highest BCUT2D eigenvalue weighted by atomic mass is 32.1. The summed E-state index contributed by atoms with van der Waals surface area (Å²) in [5, 5.41) is 0. The van der Waals surface area contributed by atoms with Crippen molar-refractivity contribution in [2.75, 3.05) is 19.5 Å². The zero-order valence-electron chi connectivity index (χ0n) is 14.2. The molecule has 1 aromatic heterocycles. The van der Waals surface area contributed by atoms with E-state index in [0.29, 0.717) is 38.8 Å². The van der Waals surface area contributed by atoms with Gasteiger partial charge in [-0.2, -0.15) is 0 Å². The van der Waals surface area contributed by atoms with Gasteiger partial charge in [-0.3, -0.25) is 0 Å². The van der Waals surface area contributed by atoms with E-state index in [1.807, 2.05) is 0 Å². The van der Waals surface area contributed by atoms with Crippen LogP contribution in [0.1, 0.15) is 28.7 Å². The minimum absolute atomic E-state index is 0.259. The van der Waals surface area contributed by atoms with E-state index in [-0.39, 0.29) is 17.9 Å². The number of hydrogen-bond donors (Lipinski definition) is 2. The minimum Gasteiger partial charge on any atom is -0.497 e. The van der Waals surface area contributed by atoms with Gasteiger partial charge in [0.2, 0.25) is 0 Å². The van der Waals surface area contributed by atoms with E-state index in [9.17, 15) is 9.00 Å². The number of aromatic amines is 1. The summed E-state index contributed by atoms with van der Waals surface area (Å²) in [6, 6.07) is 10.0. The van der Waals surface area contributed by atoms with Gasteiger partial charge in [0, 0.05) is 17.3 Å². The van der Waals surface area contributed by atoms with Crippen LogP contribution < -0.4 is 10.5 Å². The topological polar surface area (TPSA) is 107 Å². The average molecular weight is 371 g/mol. The number of nitrogens with two attached hydrogens (primary N) is 1. The van der Waals surface area contributed by atoms with E-state index in [4.69, 9.17) is 15.2 Å². The first-order valence-electron chi connectivity index (χ1n) is 7.85. The quantitative estimate of drug-likeness (QED) is 0.308. The smallest absolute Gasteiger partial charge is 0.338 e. The second-order valence-electron chi connectivity index (χ2n) is 5.40. The Hall–Kier alpha value is -3.13. The van der Waals surface area contributed by atoms with Gasteiger partial charge in [0.25, 0.3) is 0 Å². The minimum atomic E-state index is -0.474. The van der Waals surface area contributed by atoms with Crippen LogP contribution in [-0.4, -0.2) is 38.7 Å². The van der Waals surface area contributed by atoms with Crippen LogP contribution in [0.4, 0.5) is 5.69 Å². The molecule has 8 heteroatoms. The number of anilines is 1. The average Bonchev–Trinajstić information content (AvgIpc) is 3.06. The molecule has 0 aliphatic rings. The van der Waals surface area contributed by atoms with Crippen LogP contribution in [0.2, 0.25) is 0 Å². The summed E-state index contributed by atoms with van der Waals surface area (Å²) in [6.45, 7) is 1.99. The summed E-state index contributed by atoms with van der Waals surface area (Å²) in [6.07, 6.45) is 0. The molecule has 0 saturated carbocycles. The molecule has 0 saturated heterocycles. The van der Waals surface area contributed by atoms with E-state index in [0.717, 1.165) is 5.52 Å². The Morgan fingerprint density at radius 3 is 2.77 bits per heavy atom. The maximum Gasteiger partial charge on any atom is 0.338 e. The standard InChI is InChI=1S/C18H17N3O4S/c1-3-25-18(22)10-4-6-13(19)12(8-10)16(26-23)17-20-14-7-5-11(24-2)9-15(14)21-17/h4-9H,3,19H2,1-2H3,(H,20,21). The number of imidazole rings is 1. The number of H-pyrrole nitrogens is 1. The number of esters is 1. The first-order chi connectivity index (χ1) is 12.6. The van der Waals surface area contributed by atoms with Gasteiger partial charge in [0.1, 0.15) is 21.9 Å². The van der Waals surface area contributed by atoms with Gasteiger partial charge < -0.3 is 20.2 Å². The van der Waals surface area contributed by atoms with Crippen LogP contribution in [0.25, 0.3) is 11.0 Å². The number of rotatable bonds is 5. The molecule has 0 amide bonds. The summed E-state index contributed by atoms with van der Waals surface area (Å²) >= 11 is 0.259. The van der Waals surface area contributed by atoms with Crippen molar-refractivity contribution in [1.82, 2.24) is 9.97 Å². The number of aromatic nitrogens is 2. The lowest BCUT2D eigenvalue weighted by Crippen LogP contribution is -2.12. The van der Waals surface area contributed by atoms with Crippen LogP contribution in [0, 0.1) is 0 Å². The zero-order valence-corrected chi connectivity index (χ0v) is 15.1. The molecule has 0 fully saturated rings. The highest BCUT2D eigenvalue weighted by Crippen LogP contribution is 2.22. The number of nitrogen functional groups attached to an aromatic ring is 1. The lowest BCUT2D eigenvalue weighted by Gasteiger charge is -2.08. The molecular formula is C18H17N3O4S. The van der Waals surface area contributed by atoms with Gasteiger partial charge in [-0.1, -0.05) is 0 Å². The number of carbonyl (C=O) groups is 1. The molecule has 0 aliphatic carbocycles. The van der Waals surface area contributed by atoms with E-state index < -0.39 is 5.97 Å². The summed E-state index contributed by atoms with van der Waals surface area (Å²) in [5.74, 6) is 0.576. The molecule has 3 aromatic rings. The van der Waals surface area contributed by atoms with Crippen molar-refractivity contribution in [2.24, 2.45) is 0 Å².